The van der Waals surface area contributed by atoms with Crippen molar-refractivity contribution in [2.75, 3.05) is 20.3 Å². The van der Waals surface area contributed by atoms with Crippen LogP contribution in [-0.2, 0) is 9.53 Å². The van der Waals surface area contributed by atoms with Gasteiger partial charge >= 0.3 is 5.97 Å². The van der Waals surface area contributed by atoms with Crippen LogP contribution < -0.4 is 4.74 Å². The predicted molar refractivity (Wildman–Crippen MR) is 99.9 cm³/mol. The summed E-state index contributed by atoms with van der Waals surface area (Å²) < 4.78 is 10.4. The van der Waals surface area contributed by atoms with Crippen molar-refractivity contribution in [1.29, 1.82) is 0 Å². The van der Waals surface area contributed by atoms with Crippen molar-refractivity contribution in [3.8, 4) is 5.75 Å². The second-order valence-corrected chi connectivity index (χ2v) is 6.32. The standard InChI is InChI=1S/C20H20N2O5/c1-26-17-9-5-8-16(12-17)18(14-22(24)25)20(10-11-27-19(20)23)21-13-15-6-3-2-4-7-15/h2-9,12-13,18H,10-11,14H2,1H3/t18-,20+/m0/s1. The van der Waals surface area contributed by atoms with Gasteiger partial charge in [-0.05, 0) is 23.3 Å². The summed E-state index contributed by atoms with van der Waals surface area (Å²) in [6.07, 6.45) is 1.87. The molecule has 2 aromatic carbocycles. The lowest BCUT2D eigenvalue weighted by atomic mass is 9.78. The number of hydrogen-bond acceptors (Lipinski definition) is 6. The Labute approximate surface area is 156 Å². The maximum absolute atomic E-state index is 12.7. The smallest absolute Gasteiger partial charge is 0.335 e. The summed E-state index contributed by atoms with van der Waals surface area (Å²) in [6, 6.07) is 16.3. The van der Waals surface area contributed by atoms with Crippen LogP contribution in [0.25, 0.3) is 0 Å². The molecule has 0 N–H and O–H groups in total. The summed E-state index contributed by atoms with van der Waals surface area (Å²) >= 11 is 0. The first-order valence-corrected chi connectivity index (χ1v) is 8.58. The maximum atomic E-state index is 12.7. The molecular weight excluding hydrogens is 348 g/mol. The van der Waals surface area contributed by atoms with Crippen molar-refractivity contribution in [3.63, 3.8) is 0 Å². The fourth-order valence-corrected chi connectivity index (χ4v) is 3.32. The normalized spacial score (nSPS) is 20.4. The van der Waals surface area contributed by atoms with E-state index in [4.69, 9.17) is 9.47 Å². The van der Waals surface area contributed by atoms with E-state index >= 15 is 0 Å². The van der Waals surface area contributed by atoms with E-state index in [0.29, 0.717) is 11.3 Å². The molecule has 3 rings (SSSR count). The number of carbonyl (C=O) groups excluding carboxylic acids is 1. The number of aliphatic imine (C=N–C) groups is 1. The molecule has 7 nitrogen and oxygen atoms in total. The van der Waals surface area contributed by atoms with Crippen LogP contribution in [0.4, 0.5) is 0 Å². The summed E-state index contributed by atoms with van der Waals surface area (Å²) in [7, 11) is 1.52. The minimum Gasteiger partial charge on any atom is -0.497 e. The topological polar surface area (TPSA) is 91.0 Å². The summed E-state index contributed by atoms with van der Waals surface area (Å²) in [5.41, 5.74) is 0.0899. The van der Waals surface area contributed by atoms with Gasteiger partial charge in [0.05, 0.1) is 19.6 Å². The van der Waals surface area contributed by atoms with Crippen LogP contribution in [0.1, 0.15) is 23.5 Å². The third-order valence-corrected chi connectivity index (χ3v) is 4.72. The number of ether oxygens (including phenoxy) is 2. The summed E-state index contributed by atoms with van der Waals surface area (Å²) in [5, 5.41) is 11.4. The van der Waals surface area contributed by atoms with Crippen molar-refractivity contribution in [1.82, 2.24) is 0 Å². The lowest BCUT2D eigenvalue weighted by Crippen LogP contribution is -2.42. The number of hydrogen-bond donors (Lipinski definition) is 0. The number of nitrogens with zero attached hydrogens (tertiary/aromatic N) is 2. The van der Waals surface area contributed by atoms with E-state index < -0.39 is 28.9 Å². The molecule has 2 aromatic rings. The Hall–Kier alpha value is -3.22. The first kappa shape index (κ1) is 18.6. The zero-order valence-electron chi connectivity index (χ0n) is 14.9. The van der Waals surface area contributed by atoms with E-state index in [1.165, 1.54) is 7.11 Å². The number of methoxy groups -OCH3 is 1. The van der Waals surface area contributed by atoms with Gasteiger partial charge in [0.2, 0.25) is 6.54 Å². The zero-order chi connectivity index (χ0) is 19.3. The average Bonchev–Trinajstić information content (AvgIpc) is 3.06. The largest absolute Gasteiger partial charge is 0.497 e. The fourth-order valence-electron chi connectivity index (χ4n) is 3.32. The molecule has 7 heteroatoms. The Morgan fingerprint density at radius 2 is 2.07 bits per heavy atom. The van der Waals surface area contributed by atoms with Crippen molar-refractivity contribution < 1.29 is 19.2 Å². The third-order valence-electron chi connectivity index (χ3n) is 4.72. The van der Waals surface area contributed by atoms with Gasteiger partial charge in [-0.25, -0.2) is 4.79 Å². The molecule has 0 aromatic heterocycles. The van der Waals surface area contributed by atoms with Gasteiger partial charge in [-0.15, -0.1) is 0 Å². The van der Waals surface area contributed by atoms with Crippen molar-refractivity contribution in [2.45, 2.75) is 17.9 Å². The van der Waals surface area contributed by atoms with Gasteiger partial charge in [0, 0.05) is 17.6 Å². The van der Waals surface area contributed by atoms with Gasteiger partial charge in [0.15, 0.2) is 5.54 Å². The fraction of sp³-hybridized carbons (Fsp3) is 0.300. The van der Waals surface area contributed by atoms with Crippen LogP contribution in [0, 0.1) is 10.1 Å². The number of rotatable bonds is 7. The van der Waals surface area contributed by atoms with E-state index in [9.17, 15) is 14.9 Å². The highest BCUT2D eigenvalue weighted by atomic mass is 16.6. The monoisotopic (exact) mass is 368 g/mol. The molecule has 1 aliphatic rings. The highest BCUT2D eigenvalue weighted by molar-refractivity contribution is 5.89. The number of nitro groups is 1. The molecule has 1 heterocycles. The number of esters is 1. The highest BCUT2D eigenvalue weighted by Gasteiger charge is 2.53. The Kier molecular flexibility index (Phi) is 5.49. The summed E-state index contributed by atoms with van der Waals surface area (Å²) in [5.74, 6) is -0.740. The van der Waals surface area contributed by atoms with Gasteiger partial charge in [-0.1, -0.05) is 42.5 Å². The van der Waals surface area contributed by atoms with Crippen LogP contribution in [-0.4, -0.2) is 42.9 Å². The van der Waals surface area contributed by atoms with E-state index in [1.54, 1.807) is 30.5 Å². The minimum absolute atomic E-state index is 0.184. The molecule has 0 spiro atoms. The van der Waals surface area contributed by atoms with E-state index in [-0.39, 0.29) is 13.0 Å². The van der Waals surface area contributed by atoms with Gasteiger partial charge in [0.1, 0.15) is 5.75 Å². The van der Waals surface area contributed by atoms with Crippen molar-refractivity contribution in [2.24, 2.45) is 4.99 Å². The molecule has 1 saturated heterocycles. The van der Waals surface area contributed by atoms with Gasteiger partial charge in [-0.3, -0.25) is 15.1 Å². The molecule has 0 aliphatic carbocycles. The predicted octanol–water partition coefficient (Wildman–Crippen LogP) is 2.86. The first-order chi connectivity index (χ1) is 13.0. The van der Waals surface area contributed by atoms with E-state index in [1.807, 2.05) is 30.3 Å². The van der Waals surface area contributed by atoms with Gasteiger partial charge < -0.3 is 9.47 Å². The lowest BCUT2D eigenvalue weighted by Gasteiger charge is -2.28. The zero-order valence-corrected chi connectivity index (χ0v) is 14.9. The Balaban J connectivity index is 2.07. The highest BCUT2D eigenvalue weighted by Crippen LogP contribution is 2.40. The average molecular weight is 368 g/mol. The molecule has 0 radical (unpaired) electrons. The van der Waals surface area contributed by atoms with Crippen LogP contribution >= 0.6 is 0 Å². The molecular formula is C20H20N2O5. The molecule has 0 amide bonds. The minimum atomic E-state index is -1.34. The molecule has 140 valence electrons. The first-order valence-electron chi connectivity index (χ1n) is 8.58. The Bertz CT molecular complexity index is 852. The number of benzene rings is 2. The molecule has 0 unspecified atom stereocenters. The third kappa shape index (κ3) is 3.97. The molecule has 0 saturated carbocycles. The SMILES string of the molecule is COc1cccc([C@H](C[N+](=O)[O-])[C@]2(N=Cc3ccccc3)CCOC2=O)c1. The Morgan fingerprint density at radius 3 is 2.70 bits per heavy atom. The van der Waals surface area contributed by atoms with Crippen LogP contribution in [0.2, 0.25) is 0 Å². The molecule has 1 fully saturated rings. The lowest BCUT2D eigenvalue weighted by molar-refractivity contribution is -0.484. The second-order valence-electron chi connectivity index (χ2n) is 6.32. The summed E-state index contributed by atoms with van der Waals surface area (Å²) in [4.78, 5) is 28.2. The van der Waals surface area contributed by atoms with Crippen molar-refractivity contribution >= 4 is 12.2 Å². The van der Waals surface area contributed by atoms with Crippen LogP contribution in [0.3, 0.4) is 0 Å². The van der Waals surface area contributed by atoms with E-state index in [0.717, 1.165) is 5.56 Å². The molecule has 0 bridgehead atoms. The molecule has 1 aliphatic heterocycles. The maximum Gasteiger partial charge on any atom is 0.335 e. The van der Waals surface area contributed by atoms with Gasteiger partial charge in [0.25, 0.3) is 0 Å². The van der Waals surface area contributed by atoms with Crippen LogP contribution in [0.15, 0.2) is 59.6 Å². The van der Waals surface area contributed by atoms with Crippen LogP contribution in [0.5, 0.6) is 5.75 Å². The quantitative estimate of drug-likeness (QED) is 0.324. The van der Waals surface area contributed by atoms with Crippen molar-refractivity contribution in [3.05, 3.63) is 75.8 Å². The number of carbonyl (C=O) groups is 1. The molecule has 2 atom stereocenters. The van der Waals surface area contributed by atoms with E-state index in [2.05, 4.69) is 4.99 Å². The second kappa shape index (κ2) is 7.99. The molecule has 27 heavy (non-hydrogen) atoms. The Morgan fingerprint density at radius 1 is 1.30 bits per heavy atom. The number of cyclic esters (lactones) is 1. The summed E-state index contributed by atoms with van der Waals surface area (Å²) in [6.45, 7) is -0.252. The van der Waals surface area contributed by atoms with Gasteiger partial charge in [-0.2, -0.15) is 0 Å².